The van der Waals surface area contributed by atoms with E-state index < -0.39 is 5.76 Å². The van der Waals surface area contributed by atoms with Gasteiger partial charge in [-0.15, -0.1) is 0 Å². The molecule has 4 aromatic heterocycles. The summed E-state index contributed by atoms with van der Waals surface area (Å²) in [6.45, 7) is 7.36. The van der Waals surface area contributed by atoms with Crippen molar-refractivity contribution >= 4 is 22.9 Å². The second-order valence-corrected chi connectivity index (χ2v) is 11.1. The van der Waals surface area contributed by atoms with Crippen molar-refractivity contribution in [3.05, 3.63) is 28.6 Å². The summed E-state index contributed by atoms with van der Waals surface area (Å²) in [6, 6.07) is 1.93. The highest BCUT2D eigenvalue weighted by molar-refractivity contribution is 5.87. The van der Waals surface area contributed by atoms with E-state index in [1.165, 1.54) is 44.9 Å². The minimum absolute atomic E-state index is 0.149. The van der Waals surface area contributed by atoms with Gasteiger partial charge in [0, 0.05) is 18.7 Å². The Labute approximate surface area is 220 Å². The van der Waals surface area contributed by atoms with Crippen LogP contribution in [0.4, 0.5) is 11.8 Å². The fraction of sp³-hybridized carbons (Fsp3) is 0.615. The molecule has 1 unspecified atom stereocenters. The van der Waals surface area contributed by atoms with Crippen LogP contribution in [0.2, 0.25) is 0 Å². The minimum atomic E-state index is -0.652. The number of anilines is 2. The molecule has 0 radical (unpaired) electrons. The summed E-state index contributed by atoms with van der Waals surface area (Å²) in [7, 11) is 0. The molecule has 12 nitrogen and oxygen atoms in total. The molecule has 38 heavy (non-hydrogen) atoms. The lowest BCUT2D eigenvalue weighted by Gasteiger charge is -2.32. The second kappa shape index (κ2) is 10.2. The van der Waals surface area contributed by atoms with Crippen LogP contribution in [-0.2, 0) is 6.54 Å². The van der Waals surface area contributed by atoms with E-state index in [4.69, 9.17) is 24.0 Å². The van der Waals surface area contributed by atoms with Crippen molar-refractivity contribution in [2.45, 2.75) is 84.3 Å². The minimum Gasteiger partial charge on any atom is -0.365 e. The molecule has 2 aliphatic rings. The molecule has 2 fully saturated rings. The van der Waals surface area contributed by atoms with E-state index in [-0.39, 0.29) is 23.7 Å². The number of hydrogen-bond donors (Lipinski definition) is 3. The molecular formula is C26H35N9O3. The van der Waals surface area contributed by atoms with Gasteiger partial charge >= 0.3 is 5.76 Å². The van der Waals surface area contributed by atoms with Crippen LogP contribution in [0, 0.1) is 17.8 Å². The predicted molar refractivity (Wildman–Crippen MR) is 142 cm³/mol. The first-order valence-corrected chi connectivity index (χ1v) is 13.7. The van der Waals surface area contributed by atoms with Crippen molar-refractivity contribution in [3.63, 3.8) is 0 Å². The first kappa shape index (κ1) is 24.6. The summed E-state index contributed by atoms with van der Waals surface area (Å²) in [5, 5.41) is 14.9. The first-order chi connectivity index (χ1) is 18.4. The standard InChI is InChI=1S/C26H35N9O3/c1-14-7-9-17(10-8-14)13-35-20-21(28-15(2)18-5-4-6-18)30-23(24-33-26(36)38-34-24)31-22(20)32-25(35)29-16(3)19-11-12-27-37-19/h11-12,14-18H,4-10,13H2,1-3H3,(H,33,34,36)(H2,28,29,30,31,32)/t14-,15-,16?,17-/m1/s1. The van der Waals surface area contributed by atoms with Crippen molar-refractivity contribution in [3.8, 4) is 11.6 Å². The molecule has 0 spiro atoms. The molecule has 0 amide bonds. The van der Waals surface area contributed by atoms with Gasteiger partial charge in [-0.05, 0) is 57.3 Å². The molecule has 0 bridgehead atoms. The van der Waals surface area contributed by atoms with Gasteiger partial charge in [-0.25, -0.2) is 14.8 Å². The molecule has 0 aliphatic heterocycles. The van der Waals surface area contributed by atoms with Gasteiger partial charge < -0.3 is 19.7 Å². The Kier molecular flexibility index (Phi) is 6.62. The Balaban J connectivity index is 1.45. The van der Waals surface area contributed by atoms with E-state index in [1.807, 2.05) is 13.0 Å². The van der Waals surface area contributed by atoms with Crippen LogP contribution in [0.25, 0.3) is 22.8 Å². The fourth-order valence-electron chi connectivity index (χ4n) is 5.61. The van der Waals surface area contributed by atoms with E-state index in [2.05, 4.69) is 44.3 Å². The Bertz CT molecular complexity index is 1430. The molecule has 4 aromatic rings. The zero-order valence-electron chi connectivity index (χ0n) is 22.1. The van der Waals surface area contributed by atoms with E-state index >= 15 is 0 Å². The lowest BCUT2D eigenvalue weighted by atomic mass is 9.80. The molecule has 12 heteroatoms. The zero-order valence-corrected chi connectivity index (χ0v) is 22.1. The lowest BCUT2D eigenvalue weighted by Crippen LogP contribution is -2.31. The quantitative estimate of drug-likeness (QED) is 0.281. The Morgan fingerprint density at radius 3 is 2.55 bits per heavy atom. The average molecular weight is 522 g/mol. The number of imidazole rings is 1. The Morgan fingerprint density at radius 2 is 1.89 bits per heavy atom. The maximum atomic E-state index is 11.7. The van der Waals surface area contributed by atoms with Crippen LogP contribution in [0.3, 0.4) is 0 Å². The number of hydrogen-bond acceptors (Lipinski definition) is 10. The third-order valence-electron chi connectivity index (χ3n) is 8.28. The smallest absolute Gasteiger partial charge is 0.365 e. The van der Waals surface area contributed by atoms with Gasteiger partial charge in [-0.1, -0.05) is 36.5 Å². The number of rotatable bonds is 9. The number of nitrogens with one attached hydrogen (secondary N) is 3. The van der Waals surface area contributed by atoms with Gasteiger partial charge in [0.1, 0.15) is 5.52 Å². The molecular weight excluding hydrogens is 486 g/mol. The number of aromatic nitrogens is 7. The summed E-state index contributed by atoms with van der Waals surface area (Å²) >= 11 is 0. The maximum Gasteiger partial charge on any atom is 0.439 e. The molecule has 3 N–H and O–H groups in total. The molecule has 202 valence electrons. The molecule has 4 heterocycles. The number of aromatic amines is 1. The third-order valence-corrected chi connectivity index (χ3v) is 8.28. The van der Waals surface area contributed by atoms with Crippen LogP contribution in [0.1, 0.15) is 77.5 Å². The normalized spacial score (nSPS) is 21.8. The van der Waals surface area contributed by atoms with Gasteiger partial charge in [-0.3, -0.25) is 9.51 Å². The second-order valence-electron chi connectivity index (χ2n) is 11.1. The Hall–Kier alpha value is -3.70. The van der Waals surface area contributed by atoms with E-state index in [0.29, 0.717) is 29.2 Å². The van der Waals surface area contributed by atoms with Crippen molar-refractivity contribution in [1.82, 2.24) is 34.8 Å². The van der Waals surface area contributed by atoms with Crippen molar-refractivity contribution in [1.29, 1.82) is 0 Å². The summed E-state index contributed by atoms with van der Waals surface area (Å²) in [4.78, 5) is 28.7. The van der Waals surface area contributed by atoms with Gasteiger partial charge in [0.2, 0.25) is 17.6 Å². The number of H-pyrrole nitrogens is 1. The summed E-state index contributed by atoms with van der Waals surface area (Å²) < 4.78 is 12.4. The third kappa shape index (κ3) is 4.91. The summed E-state index contributed by atoms with van der Waals surface area (Å²) in [5.41, 5.74) is 1.37. The Morgan fingerprint density at radius 1 is 1.08 bits per heavy atom. The number of fused-ring (bicyclic) bond motifs is 1. The predicted octanol–water partition coefficient (Wildman–Crippen LogP) is 4.76. The molecule has 0 aromatic carbocycles. The van der Waals surface area contributed by atoms with Crippen LogP contribution < -0.4 is 16.4 Å². The monoisotopic (exact) mass is 521 g/mol. The lowest BCUT2D eigenvalue weighted by molar-refractivity contribution is 0.267. The van der Waals surface area contributed by atoms with Gasteiger partial charge in [0.15, 0.2) is 17.2 Å². The fourth-order valence-corrected chi connectivity index (χ4v) is 5.61. The summed E-state index contributed by atoms with van der Waals surface area (Å²) in [6.07, 6.45) is 10.1. The zero-order chi connectivity index (χ0) is 26.2. The molecule has 2 atom stereocenters. The highest BCUT2D eigenvalue weighted by atomic mass is 16.5. The largest absolute Gasteiger partial charge is 0.439 e. The highest BCUT2D eigenvalue weighted by Crippen LogP contribution is 2.36. The first-order valence-electron chi connectivity index (χ1n) is 13.7. The van der Waals surface area contributed by atoms with E-state index in [1.54, 1.807) is 6.20 Å². The topological polar surface area (TPSA) is 153 Å². The van der Waals surface area contributed by atoms with Crippen LogP contribution in [0.15, 0.2) is 26.1 Å². The van der Waals surface area contributed by atoms with Crippen LogP contribution >= 0.6 is 0 Å². The molecule has 0 saturated heterocycles. The van der Waals surface area contributed by atoms with Crippen molar-refractivity contribution in [2.75, 3.05) is 10.6 Å². The molecule has 6 rings (SSSR count). The van der Waals surface area contributed by atoms with Gasteiger partial charge in [-0.2, -0.15) is 4.98 Å². The number of nitrogens with zero attached hydrogens (tertiary/aromatic N) is 6. The molecule has 2 aliphatic carbocycles. The van der Waals surface area contributed by atoms with E-state index in [9.17, 15) is 4.79 Å². The van der Waals surface area contributed by atoms with Crippen LogP contribution in [-0.4, -0.2) is 40.9 Å². The average Bonchev–Trinajstić information content (AvgIpc) is 3.60. The molecule has 2 saturated carbocycles. The van der Waals surface area contributed by atoms with Gasteiger partial charge in [0.25, 0.3) is 0 Å². The van der Waals surface area contributed by atoms with E-state index in [0.717, 1.165) is 23.7 Å². The summed E-state index contributed by atoms with van der Waals surface area (Å²) in [5.74, 6) is 3.79. The SMILES string of the molecule is CC(Nc1nc2nc(-c3noc(=O)[nH]3)nc(N[C@H](C)C3CCC3)c2n1C[C@H]1CC[C@H](C)CC1)c1ccno1. The van der Waals surface area contributed by atoms with Gasteiger partial charge in [0.05, 0.1) is 12.2 Å². The maximum absolute atomic E-state index is 11.7. The van der Waals surface area contributed by atoms with Crippen molar-refractivity contribution in [2.24, 2.45) is 17.8 Å². The van der Waals surface area contributed by atoms with Crippen LogP contribution in [0.5, 0.6) is 0 Å². The highest BCUT2D eigenvalue weighted by Gasteiger charge is 2.29. The van der Waals surface area contributed by atoms with Crippen molar-refractivity contribution < 1.29 is 9.05 Å².